The third-order valence-electron chi connectivity index (χ3n) is 2.24. The average Bonchev–Trinajstić information content (AvgIpc) is 2.91. The van der Waals surface area contributed by atoms with Crippen LogP contribution in [0.25, 0.3) is 21.7 Å². The molecular formula is C13H13N3OS. The number of thiophene rings is 1. The molecule has 0 aliphatic carbocycles. The third-order valence-corrected chi connectivity index (χ3v) is 3.05. The van der Waals surface area contributed by atoms with Gasteiger partial charge in [-0.2, -0.15) is 0 Å². The predicted molar refractivity (Wildman–Crippen MR) is 74.8 cm³/mol. The lowest BCUT2D eigenvalue weighted by Crippen LogP contribution is -2.08. The fourth-order valence-electron chi connectivity index (χ4n) is 1.49. The van der Waals surface area contributed by atoms with Crippen molar-refractivity contribution >= 4 is 21.6 Å². The van der Waals surface area contributed by atoms with Gasteiger partial charge >= 0.3 is 0 Å². The van der Waals surface area contributed by atoms with Crippen LogP contribution in [-0.4, -0.2) is 15.0 Å². The number of nitrogens with zero attached hydrogens (tertiary/aromatic N) is 2. The van der Waals surface area contributed by atoms with Gasteiger partial charge in [0.1, 0.15) is 10.5 Å². The Morgan fingerprint density at radius 1 is 1.22 bits per heavy atom. The van der Waals surface area contributed by atoms with Gasteiger partial charge in [-0.15, -0.1) is 11.3 Å². The molecule has 0 aliphatic rings. The van der Waals surface area contributed by atoms with Crippen LogP contribution in [0.3, 0.4) is 0 Å². The van der Waals surface area contributed by atoms with E-state index >= 15 is 0 Å². The number of hydrogen-bond acceptors (Lipinski definition) is 4. The molecule has 18 heavy (non-hydrogen) atoms. The summed E-state index contributed by atoms with van der Waals surface area (Å²) in [6.45, 7) is 4.00. The Labute approximate surface area is 108 Å². The van der Waals surface area contributed by atoms with E-state index in [9.17, 15) is 4.79 Å². The van der Waals surface area contributed by atoms with Crippen molar-refractivity contribution in [3.63, 3.8) is 0 Å². The zero-order chi connectivity index (χ0) is 13.0. The molecule has 0 fully saturated rings. The molecule has 0 atom stereocenters. The first kappa shape index (κ1) is 12.4. The summed E-state index contributed by atoms with van der Waals surface area (Å²) in [5.74, 6) is 0.514. The summed E-state index contributed by atoms with van der Waals surface area (Å²) in [7, 11) is 0. The van der Waals surface area contributed by atoms with E-state index in [-0.39, 0.29) is 5.56 Å². The number of aromatic amines is 1. The van der Waals surface area contributed by atoms with Crippen molar-refractivity contribution in [2.24, 2.45) is 0 Å². The lowest BCUT2D eigenvalue weighted by molar-refractivity contribution is 1.15. The van der Waals surface area contributed by atoms with E-state index in [0.717, 1.165) is 4.83 Å². The van der Waals surface area contributed by atoms with Gasteiger partial charge in [-0.3, -0.25) is 9.78 Å². The number of pyridine rings is 1. The van der Waals surface area contributed by atoms with E-state index < -0.39 is 0 Å². The van der Waals surface area contributed by atoms with Gasteiger partial charge in [-0.25, -0.2) is 4.98 Å². The van der Waals surface area contributed by atoms with Crippen LogP contribution in [0.5, 0.6) is 0 Å². The van der Waals surface area contributed by atoms with Gasteiger partial charge < -0.3 is 4.98 Å². The fourth-order valence-corrected chi connectivity index (χ4v) is 2.25. The van der Waals surface area contributed by atoms with E-state index in [2.05, 4.69) is 15.0 Å². The summed E-state index contributed by atoms with van der Waals surface area (Å²) in [4.78, 5) is 23.7. The van der Waals surface area contributed by atoms with Gasteiger partial charge in [-0.05, 0) is 23.6 Å². The van der Waals surface area contributed by atoms with E-state index in [0.29, 0.717) is 16.9 Å². The highest BCUT2D eigenvalue weighted by Gasteiger charge is 2.06. The molecule has 0 aromatic carbocycles. The standard InChI is InChI=1S/C11H7N3OS.C2H6/c15-10-7-4-6-16-11(7)14-9(13-10)8-3-1-2-5-12-8;1-2/h1-6H,(H,13,14,15);1-2H3. The van der Waals surface area contributed by atoms with Gasteiger partial charge in [0.15, 0.2) is 5.82 Å². The number of hydrogen-bond donors (Lipinski definition) is 1. The van der Waals surface area contributed by atoms with Gasteiger partial charge in [-0.1, -0.05) is 19.9 Å². The van der Waals surface area contributed by atoms with Crippen molar-refractivity contribution in [1.29, 1.82) is 0 Å². The quantitative estimate of drug-likeness (QED) is 0.730. The number of fused-ring (bicyclic) bond motifs is 1. The minimum absolute atomic E-state index is 0.119. The second-order valence-corrected chi connectivity index (χ2v) is 4.16. The van der Waals surface area contributed by atoms with Crippen LogP contribution in [0.4, 0.5) is 0 Å². The Hall–Kier alpha value is -2.01. The molecule has 3 rings (SSSR count). The van der Waals surface area contributed by atoms with Crippen LogP contribution in [0.15, 0.2) is 40.6 Å². The molecule has 0 aliphatic heterocycles. The second-order valence-electron chi connectivity index (χ2n) is 3.27. The molecule has 4 nitrogen and oxygen atoms in total. The predicted octanol–water partition coefficient (Wildman–Crippen LogP) is 3.07. The van der Waals surface area contributed by atoms with Crippen molar-refractivity contribution < 1.29 is 0 Å². The molecule has 0 radical (unpaired) electrons. The Morgan fingerprint density at radius 2 is 2.06 bits per heavy atom. The highest BCUT2D eigenvalue weighted by molar-refractivity contribution is 7.16. The largest absolute Gasteiger partial charge is 0.305 e. The minimum atomic E-state index is -0.119. The normalized spacial score (nSPS) is 9.89. The van der Waals surface area contributed by atoms with Gasteiger partial charge in [0.2, 0.25) is 0 Å². The number of H-pyrrole nitrogens is 1. The molecule has 5 heteroatoms. The first-order chi connectivity index (χ1) is 8.84. The summed E-state index contributed by atoms with van der Waals surface area (Å²) in [6, 6.07) is 7.28. The molecule has 0 amide bonds. The van der Waals surface area contributed by atoms with Crippen LogP contribution < -0.4 is 5.56 Å². The summed E-state index contributed by atoms with van der Waals surface area (Å²) in [5, 5.41) is 2.49. The number of nitrogens with one attached hydrogen (secondary N) is 1. The fraction of sp³-hybridized carbons (Fsp3) is 0.154. The van der Waals surface area contributed by atoms with Gasteiger partial charge in [0.25, 0.3) is 5.56 Å². The lowest BCUT2D eigenvalue weighted by atomic mass is 10.3. The SMILES string of the molecule is CC.O=c1[nH]c(-c2ccccn2)nc2sccc12. The Morgan fingerprint density at radius 3 is 2.78 bits per heavy atom. The molecule has 1 N–H and O–H groups in total. The van der Waals surface area contributed by atoms with Gasteiger partial charge in [0.05, 0.1) is 5.39 Å². The lowest BCUT2D eigenvalue weighted by Gasteiger charge is -1.98. The molecule has 0 unspecified atom stereocenters. The Balaban J connectivity index is 0.000000574. The van der Waals surface area contributed by atoms with Crippen LogP contribution in [0.1, 0.15) is 13.8 Å². The molecule has 0 bridgehead atoms. The van der Waals surface area contributed by atoms with Crippen LogP contribution in [-0.2, 0) is 0 Å². The number of rotatable bonds is 1. The van der Waals surface area contributed by atoms with E-state index in [1.807, 2.05) is 37.4 Å². The Bertz CT molecular complexity index is 688. The smallest absolute Gasteiger partial charge is 0.259 e. The van der Waals surface area contributed by atoms with Crippen molar-refractivity contribution in [3.05, 3.63) is 46.2 Å². The highest BCUT2D eigenvalue weighted by Crippen LogP contribution is 2.17. The van der Waals surface area contributed by atoms with Crippen molar-refractivity contribution in [3.8, 4) is 11.5 Å². The third kappa shape index (κ3) is 2.31. The van der Waals surface area contributed by atoms with E-state index in [4.69, 9.17) is 0 Å². The average molecular weight is 259 g/mol. The summed E-state index contributed by atoms with van der Waals surface area (Å²) < 4.78 is 0. The Kier molecular flexibility index (Phi) is 3.84. The van der Waals surface area contributed by atoms with E-state index in [1.54, 1.807) is 12.3 Å². The maximum atomic E-state index is 11.7. The maximum absolute atomic E-state index is 11.7. The molecule has 3 aromatic rings. The summed E-state index contributed by atoms with van der Waals surface area (Å²) >= 11 is 1.45. The molecule has 3 aromatic heterocycles. The van der Waals surface area contributed by atoms with Crippen LogP contribution >= 0.6 is 11.3 Å². The summed E-state index contributed by atoms with van der Waals surface area (Å²) in [5.41, 5.74) is 0.557. The van der Waals surface area contributed by atoms with Crippen molar-refractivity contribution in [1.82, 2.24) is 15.0 Å². The molecular weight excluding hydrogens is 246 g/mol. The molecule has 0 spiro atoms. The second kappa shape index (κ2) is 5.55. The monoisotopic (exact) mass is 259 g/mol. The van der Waals surface area contributed by atoms with Crippen LogP contribution in [0, 0.1) is 0 Å². The zero-order valence-corrected chi connectivity index (χ0v) is 11.0. The van der Waals surface area contributed by atoms with Gasteiger partial charge in [0, 0.05) is 6.20 Å². The number of aromatic nitrogens is 3. The zero-order valence-electron chi connectivity index (χ0n) is 10.2. The maximum Gasteiger partial charge on any atom is 0.259 e. The molecule has 3 heterocycles. The van der Waals surface area contributed by atoms with Crippen molar-refractivity contribution in [2.75, 3.05) is 0 Å². The molecule has 0 saturated carbocycles. The van der Waals surface area contributed by atoms with E-state index in [1.165, 1.54) is 11.3 Å². The first-order valence-electron chi connectivity index (χ1n) is 5.73. The first-order valence-corrected chi connectivity index (χ1v) is 6.61. The van der Waals surface area contributed by atoms with Crippen molar-refractivity contribution in [2.45, 2.75) is 13.8 Å². The minimum Gasteiger partial charge on any atom is -0.305 e. The topological polar surface area (TPSA) is 58.6 Å². The molecule has 92 valence electrons. The highest BCUT2D eigenvalue weighted by atomic mass is 32.1. The summed E-state index contributed by atoms with van der Waals surface area (Å²) in [6.07, 6.45) is 1.67. The molecule has 0 saturated heterocycles. The van der Waals surface area contributed by atoms with Crippen LogP contribution in [0.2, 0.25) is 0 Å².